The van der Waals surface area contributed by atoms with Crippen molar-refractivity contribution in [3.63, 3.8) is 0 Å². The van der Waals surface area contributed by atoms with Gasteiger partial charge in [-0.25, -0.2) is 4.79 Å². The van der Waals surface area contributed by atoms with E-state index in [-0.39, 0.29) is 5.97 Å². The third-order valence-electron chi connectivity index (χ3n) is 3.09. The fourth-order valence-electron chi connectivity index (χ4n) is 2.06. The third kappa shape index (κ3) is 4.21. The van der Waals surface area contributed by atoms with Gasteiger partial charge in [0.1, 0.15) is 5.75 Å². The standard InChI is InChI=1S/C18H17BrO3/c1-3-22-18(20)12-17(14-5-4-6-15(19)11-14)13-7-9-16(21-2)10-8-13/h4-12H,3H2,1-2H3/b17-12-. The van der Waals surface area contributed by atoms with Gasteiger partial charge in [0.15, 0.2) is 0 Å². The SMILES string of the molecule is CCOC(=O)/C=C(/c1ccc(OC)cc1)c1cccc(Br)c1. The predicted molar refractivity (Wildman–Crippen MR) is 90.8 cm³/mol. The molecule has 0 amide bonds. The Labute approximate surface area is 138 Å². The van der Waals surface area contributed by atoms with Crippen LogP contribution < -0.4 is 4.74 Å². The van der Waals surface area contributed by atoms with Crippen molar-refractivity contribution in [2.45, 2.75) is 6.92 Å². The Kier molecular flexibility index (Phi) is 5.78. The highest BCUT2D eigenvalue weighted by molar-refractivity contribution is 9.10. The predicted octanol–water partition coefficient (Wildman–Crippen LogP) is 4.45. The van der Waals surface area contributed by atoms with Crippen LogP contribution >= 0.6 is 15.9 Å². The first-order chi connectivity index (χ1) is 10.6. The average molecular weight is 361 g/mol. The molecular formula is C18H17BrO3. The Morgan fingerprint density at radius 1 is 1.14 bits per heavy atom. The van der Waals surface area contributed by atoms with Crippen LogP contribution in [-0.4, -0.2) is 19.7 Å². The second-order valence-electron chi connectivity index (χ2n) is 4.55. The quantitative estimate of drug-likeness (QED) is 0.583. The molecule has 0 radical (unpaired) electrons. The van der Waals surface area contributed by atoms with Crippen LogP contribution in [0.5, 0.6) is 5.75 Å². The Morgan fingerprint density at radius 2 is 1.86 bits per heavy atom. The second kappa shape index (κ2) is 7.80. The lowest BCUT2D eigenvalue weighted by molar-refractivity contribution is -0.137. The molecule has 114 valence electrons. The topological polar surface area (TPSA) is 35.5 Å². The first-order valence-electron chi connectivity index (χ1n) is 6.93. The summed E-state index contributed by atoms with van der Waals surface area (Å²) in [6.07, 6.45) is 1.52. The van der Waals surface area contributed by atoms with Gasteiger partial charge >= 0.3 is 5.97 Å². The number of carbonyl (C=O) groups is 1. The molecule has 2 rings (SSSR count). The van der Waals surface area contributed by atoms with Gasteiger partial charge in [0.05, 0.1) is 13.7 Å². The van der Waals surface area contributed by atoms with Crippen LogP contribution in [0.2, 0.25) is 0 Å². The van der Waals surface area contributed by atoms with E-state index in [9.17, 15) is 4.79 Å². The van der Waals surface area contributed by atoms with Crippen LogP contribution in [0.1, 0.15) is 18.1 Å². The maximum Gasteiger partial charge on any atom is 0.331 e. The van der Waals surface area contributed by atoms with Gasteiger partial charge in [-0.1, -0.05) is 40.2 Å². The van der Waals surface area contributed by atoms with E-state index in [0.717, 1.165) is 26.9 Å². The van der Waals surface area contributed by atoms with Gasteiger partial charge in [0.25, 0.3) is 0 Å². The lowest BCUT2D eigenvalue weighted by Gasteiger charge is -2.10. The molecule has 4 heteroatoms. The van der Waals surface area contributed by atoms with Crippen LogP contribution in [0.3, 0.4) is 0 Å². The largest absolute Gasteiger partial charge is 0.497 e. The molecule has 0 saturated heterocycles. The molecule has 0 heterocycles. The normalized spacial score (nSPS) is 11.1. The lowest BCUT2D eigenvalue weighted by atomic mass is 9.97. The van der Waals surface area contributed by atoms with E-state index in [1.54, 1.807) is 14.0 Å². The van der Waals surface area contributed by atoms with Crippen molar-refractivity contribution in [2.24, 2.45) is 0 Å². The summed E-state index contributed by atoms with van der Waals surface area (Å²) in [5.74, 6) is 0.418. The fraction of sp³-hybridized carbons (Fsp3) is 0.167. The Hall–Kier alpha value is -2.07. The van der Waals surface area contributed by atoms with Crippen LogP contribution in [0.25, 0.3) is 5.57 Å². The minimum absolute atomic E-state index is 0.351. The molecule has 0 aromatic heterocycles. The van der Waals surface area contributed by atoms with Gasteiger partial charge in [-0.3, -0.25) is 0 Å². The minimum Gasteiger partial charge on any atom is -0.497 e. The first kappa shape index (κ1) is 16.3. The summed E-state index contributed by atoms with van der Waals surface area (Å²) >= 11 is 3.46. The van der Waals surface area contributed by atoms with Crippen LogP contribution in [-0.2, 0) is 9.53 Å². The summed E-state index contributed by atoms with van der Waals surface area (Å²) in [6.45, 7) is 2.14. The first-order valence-corrected chi connectivity index (χ1v) is 7.72. The molecular weight excluding hydrogens is 344 g/mol. The smallest absolute Gasteiger partial charge is 0.331 e. The van der Waals surface area contributed by atoms with E-state index < -0.39 is 0 Å². The summed E-state index contributed by atoms with van der Waals surface area (Å²) in [6, 6.07) is 15.4. The number of ether oxygens (including phenoxy) is 2. The Bertz CT molecular complexity index is 675. The summed E-state index contributed by atoms with van der Waals surface area (Å²) in [5.41, 5.74) is 2.67. The van der Waals surface area contributed by atoms with Gasteiger partial charge in [0.2, 0.25) is 0 Å². The third-order valence-corrected chi connectivity index (χ3v) is 3.58. The molecule has 0 aliphatic heterocycles. The average Bonchev–Trinajstić information content (AvgIpc) is 2.53. The molecule has 0 aliphatic rings. The molecule has 0 saturated carbocycles. The highest BCUT2D eigenvalue weighted by atomic mass is 79.9. The molecule has 2 aromatic carbocycles. The van der Waals surface area contributed by atoms with Crippen molar-refractivity contribution in [3.05, 3.63) is 70.2 Å². The number of hydrogen-bond donors (Lipinski definition) is 0. The molecule has 0 atom stereocenters. The van der Waals surface area contributed by atoms with Gasteiger partial charge < -0.3 is 9.47 Å². The number of hydrogen-bond acceptors (Lipinski definition) is 3. The molecule has 0 bridgehead atoms. The summed E-state index contributed by atoms with van der Waals surface area (Å²) in [5, 5.41) is 0. The van der Waals surface area contributed by atoms with Crippen molar-refractivity contribution >= 4 is 27.5 Å². The zero-order chi connectivity index (χ0) is 15.9. The number of halogens is 1. The van der Waals surface area contributed by atoms with Gasteiger partial charge in [0, 0.05) is 10.5 Å². The molecule has 0 aliphatic carbocycles. The number of methoxy groups -OCH3 is 1. The van der Waals surface area contributed by atoms with Gasteiger partial charge in [-0.05, 0) is 47.9 Å². The molecule has 0 unspecified atom stereocenters. The minimum atomic E-state index is -0.353. The summed E-state index contributed by atoms with van der Waals surface area (Å²) < 4.78 is 11.2. The highest BCUT2D eigenvalue weighted by Crippen LogP contribution is 2.27. The molecule has 22 heavy (non-hydrogen) atoms. The second-order valence-corrected chi connectivity index (χ2v) is 5.46. The van der Waals surface area contributed by atoms with Crippen molar-refractivity contribution in [1.29, 1.82) is 0 Å². The number of esters is 1. The van der Waals surface area contributed by atoms with E-state index in [1.807, 2.05) is 48.5 Å². The van der Waals surface area contributed by atoms with Crippen molar-refractivity contribution in [1.82, 2.24) is 0 Å². The van der Waals surface area contributed by atoms with Crippen molar-refractivity contribution < 1.29 is 14.3 Å². The van der Waals surface area contributed by atoms with E-state index in [4.69, 9.17) is 9.47 Å². The fourth-order valence-corrected chi connectivity index (χ4v) is 2.46. The molecule has 0 fully saturated rings. The monoisotopic (exact) mass is 360 g/mol. The van der Waals surface area contributed by atoms with Gasteiger partial charge in [-0.2, -0.15) is 0 Å². The van der Waals surface area contributed by atoms with E-state index in [0.29, 0.717) is 6.61 Å². The number of carbonyl (C=O) groups excluding carboxylic acids is 1. The number of benzene rings is 2. The van der Waals surface area contributed by atoms with Crippen molar-refractivity contribution in [2.75, 3.05) is 13.7 Å². The van der Waals surface area contributed by atoms with Gasteiger partial charge in [-0.15, -0.1) is 0 Å². The maximum absolute atomic E-state index is 11.9. The zero-order valence-electron chi connectivity index (χ0n) is 12.5. The molecule has 0 spiro atoms. The van der Waals surface area contributed by atoms with Crippen LogP contribution in [0.4, 0.5) is 0 Å². The Balaban J connectivity index is 2.47. The van der Waals surface area contributed by atoms with Crippen LogP contribution in [0, 0.1) is 0 Å². The van der Waals surface area contributed by atoms with Crippen molar-refractivity contribution in [3.8, 4) is 5.75 Å². The van der Waals surface area contributed by atoms with E-state index in [1.165, 1.54) is 6.08 Å². The van der Waals surface area contributed by atoms with Crippen LogP contribution in [0.15, 0.2) is 59.1 Å². The summed E-state index contributed by atoms with van der Waals surface area (Å²) in [4.78, 5) is 11.9. The van der Waals surface area contributed by atoms with E-state index in [2.05, 4.69) is 15.9 Å². The maximum atomic E-state index is 11.9. The lowest BCUT2D eigenvalue weighted by Crippen LogP contribution is -2.02. The molecule has 3 nitrogen and oxygen atoms in total. The highest BCUT2D eigenvalue weighted by Gasteiger charge is 2.09. The zero-order valence-corrected chi connectivity index (χ0v) is 14.1. The summed E-state index contributed by atoms with van der Waals surface area (Å²) in [7, 11) is 1.62. The van der Waals surface area contributed by atoms with E-state index >= 15 is 0 Å². The Morgan fingerprint density at radius 3 is 2.45 bits per heavy atom. The number of rotatable bonds is 5. The molecule has 0 N–H and O–H groups in total. The molecule has 2 aromatic rings.